The first-order valence-corrected chi connectivity index (χ1v) is 7.61. The summed E-state index contributed by atoms with van der Waals surface area (Å²) in [6.45, 7) is 0. The summed E-state index contributed by atoms with van der Waals surface area (Å²) in [7, 11) is 0. The summed E-state index contributed by atoms with van der Waals surface area (Å²) < 4.78 is 41.0. The molecule has 3 atom stereocenters. The summed E-state index contributed by atoms with van der Waals surface area (Å²) in [5.74, 6) is -3.00. The van der Waals surface area contributed by atoms with Crippen LogP contribution in [0.3, 0.4) is 0 Å². The number of hydrogen-bond donors (Lipinski definition) is 3. The molecule has 1 saturated heterocycles. The lowest BCUT2D eigenvalue weighted by Crippen LogP contribution is -2.72. The largest absolute Gasteiger partial charge is 0.437 e. The zero-order chi connectivity index (χ0) is 18.9. The number of carbonyl (C=O) groups excluding carboxylic acids is 2. The Bertz CT molecular complexity index is 814. The predicted octanol–water partition coefficient (Wildman–Crippen LogP) is 2.19. The number of amides is 2. The van der Waals surface area contributed by atoms with E-state index >= 15 is 0 Å². The topological polar surface area (TPSA) is 91.3 Å². The first kappa shape index (κ1) is 17.9. The maximum Gasteiger partial charge on any atom is 0.437 e. The maximum atomic E-state index is 13.7. The monoisotopic (exact) mass is 365 g/mol. The number of aliphatic hydroxyl groups is 1. The average molecular weight is 365 g/mol. The van der Waals surface area contributed by atoms with Crippen LogP contribution in [0.15, 0.2) is 54.9 Å². The van der Waals surface area contributed by atoms with Crippen LogP contribution in [-0.2, 0) is 0 Å². The minimum absolute atomic E-state index is 0.0165. The molecule has 26 heavy (non-hydrogen) atoms. The molecule has 3 N–H and O–H groups in total. The molecule has 2 heterocycles. The molecular weight excluding hydrogens is 351 g/mol. The second kappa shape index (κ2) is 6.41. The van der Waals surface area contributed by atoms with Gasteiger partial charge < -0.3 is 15.7 Å². The summed E-state index contributed by atoms with van der Waals surface area (Å²) in [6, 6.07) is 7.41. The van der Waals surface area contributed by atoms with Gasteiger partial charge in [-0.15, -0.1) is 0 Å². The van der Waals surface area contributed by atoms with Crippen LogP contribution in [0, 0.1) is 5.92 Å². The van der Waals surface area contributed by atoms with Gasteiger partial charge in [0.1, 0.15) is 5.92 Å². The molecule has 1 fully saturated rings. The number of nitrogens with zero attached hydrogens (tertiary/aromatic N) is 1. The van der Waals surface area contributed by atoms with Crippen molar-refractivity contribution < 1.29 is 27.9 Å². The Balaban J connectivity index is 2.15. The van der Waals surface area contributed by atoms with Gasteiger partial charge >= 0.3 is 12.2 Å². The van der Waals surface area contributed by atoms with Crippen molar-refractivity contribution in [2.75, 3.05) is 0 Å². The number of benzene rings is 1. The highest BCUT2D eigenvalue weighted by Crippen LogP contribution is 2.43. The van der Waals surface area contributed by atoms with Crippen LogP contribution in [0.1, 0.15) is 22.0 Å². The molecule has 0 bridgehead atoms. The number of urea groups is 1. The quantitative estimate of drug-likeness (QED) is 0.727. The molecule has 6 nitrogen and oxygen atoms in total. The fourth-order valence-electron chi connectivity index (χ4n) is 2.97. The van der Waals surface area contributed by atoms with Gasteiger partial charge in [0.05, 0.1) is 6.04 Å². The van der Waals surface area contributed by atoms with Crippen molar-refractivity contribution >= 4 is 11.8 Å². The van der Waals surface area contributed by atoms with Gasteiger partial charge in [0, 0.05) is 18.0 Å². The Hall–Kier alpha value is -2.94. The van der Waals surface area contributed by atoms with Gasteiger partial charge in [0.25, 0.3) is 0 Å². The first-order chi connectivity index (χ1) is 12.2. The summed E-state index contributed by atoms with van der Waals surface area (Å²) in [6.07, 6.45) is -2.63. The fourth-order valence-corrected chi connectivity index (χ4v) is 2.97. The standard InChI is InChI=1S/C17H14F3N3O3/c18-17(19,20)16(26)12(14(24)11-4-2-1-3-5-11)13(22-15(25)23-16)10-6-8-21-9-7-10/h1-9,12-13,26H,(H2,22,23,25). The number of alkyl halides is 3. The van der Waals surface area contributed by atoms with Gasteiger partial charge in [-0.05, 0) is 17.7 Å². The number of hydrogen-bond acceptors (Lipinski definition) is 4. The van der Waals surface area contributed by atoms with Gasteiger partial charge in [-0.1, -0.05) is 30.3 Å². The highest BCUT2D eigenvalue weighted by atomic mass is 19.4. The number of carbonyl (C=O) groups is 2. The molecule has 0 aliphatic carbocycles. The van der Waals surface area contributed by atoms with E-state index < -0.39 is 35.7 Å². The lowest BCUT2D eigenvalue weighted by atomic mass is 9.77. The molecule has 0 saturated carbocycles. The number of halogens is 3. The van der Waals surface area contributed by atoms with Gasteiger partial charge in [-0.25, -0.2) is 4.79 Å². The first-order valence-electron chi connectivity index (χ1n) is 7.61. The summed E-state index contributed by atoms with van der Waals surface area (Å²) in [5, 5.41) is 14.1. The normalized spacial score (nSPS) is 25.9. The molecule has 1 aromatic heterocycles. The third kappa shape index (κ3) is 3.01. The van der Waals surface area contributed by atoms with Crippen molar-refractivity contribution in [2.45, 2.75) is 17.9 Å². The SMILES string of the molecule is O=C1NC(c2ccncc2)C(C(=O)c2ccccc2)C(O)(C(F)(F)F)N1. The highest BCUT2D eigenvalue weighted by molar-refractivity contribution is 6.00. The zero-order valence-corrected chi connectivity index (χ0v) is 13.2. The molecule has 3 unspecified atom stereocenters. The van der Waals surface area contributed by atoms with Crippen LogP contribution in [0.2, 0.25) is 0 Å². The Morgan fingerprint density at radius 3 is 2.31 bits per heavy atom. The number of aromatic nitrogens is 1. The van der Waals surface area contributed by atoms with E-state index in [1.807, 2.05) is 0 Å². The van der Waals surface area contributed by atoms with E-state index in [4.69, 9.17) is 0 Å². The van der Waals surface area contributed by atoms with Crippen molar-refractivity contribution in [1.82, 2.24) is 15.6 Å². The Morgan fingerprint density at radius 1 is 1.12 bits per heavy atom. The van der Waals surface area contributed by atoms with Crippen LogP contribution in [0.5, 0.6) is 0 Å². The molecule has 3 rings (SSSR count). The minimum Gasteiger partial charge on any atom is -0.363 e. The molecule has 0 radical (unpaired) electrons. The van der Waals surface area contributed by atoms with E-state index in [9.17, 15) is 27.9 Å². The second-order valence-corrected chi connectivity index (χ2v) is 5.83. The van der Waals surface area contributed by atoms with Crippen LogP contribution in [0.4, 0.5) is 18.0 Å². The lowest BCUT2D eigenvalue weighted by molar-refractivity contribution is -0.287. The Labute approximate surface area is 146 Å². The molecule has 2 amide bonds. The number of rotatable bonds is 3. The fraction of sp³-hybridized carbons (Fsp3) is 0.235. The molecule has 136 valence electrons. The minimum atomic E-state index is -5.27. The van der Waals surface area contributed by atoms with E-state index in [1.165, 1.54) is 54.1 Å². The van der Waals surface area contributed by atoms with Crippen LogP contribution in [-0.4, -0.2) is 33.8 Å². The summed E-state index contributed by atoms with van der Waals surface area (Å²) >= 11 is 0. The lowest BCUT2D eigenvalue weighted by Gasteiger charge is -2.45. The zero-order valence-electron chi connectivity index (χ0n) is 13.2. The van der Waals surface area contributed by atoms with Crippen molar-refractivity contribution in [3.8, 4) is 0 Å². The summed E-state index contributed by atoms with van der Waals surface area (Å²) in [4.78, 5) is 28.5. The predicted molar refractivity (Wildman–Crippen MR) is 83.9 cm³/mol. The maximum absolute atomic E-state index is 13.7. The van der Waals surface area contributed by atoms with Crippen LogP contribution >= 0.6 is 0 Å². The van der Waals surface area contributed by atoms with Crippen LogP contribution in [0.25, 0.3) is 0 Å². The van der Waals surface area contributed by atoms with E-state index in [0.717, 1.165) is 0 Å². The smallest absolute Gasteiger partial charge is 0.363 e. The molecule has 0 spiro atoms. The summed E-state index contributed by atoms with van der Waals surface area (Å²) in [5.41, 5.74) is -3.53. The van der Waals surface area contributed by atoms with E-state index in [-0.39, 0.29) is 11.1 Å². The van der Waals surface area contributed by atoms with E-state index in [1.54, 1.807) is 6.07 Å². The van der Waals surface area contributed by atoms with E-state index in [2.05, 4.69) is 10.3 Å². The Morgan fingerprint density at radius 2 is 1.73 bits per heavy atom. The van der Waals surface area contributed by atoms with Crippen molar-refractivity contribution in [1.29, 1.82) is 0 Å². The third-order valence-corrected chi connectivity index (χ3v) is 4.21. The highest BCUT2D eigenvalue weighted by Gasteiger charge is 2.66. The average Bonchev–Trinajstić information content (AvgIpc) is 2.61. The van der Waals surface area contributed by atoms with Crippen molar-refractivity contribution in [3.63, 3.8) is 0 Å². The Kier molecular flexibility index (Phi) is 4.41. The number of nitrogens with one attached hydrogen (secondary N) is 2. The third-order valence-electron chi connectivity index (χ3n) is 4.21. The van der Waals surface area contributed by atoms with Crippen molar-refractivity contribution in [2.24, 2.45) is 5.92 Å². The van der Waals surface area contributed by atoms with Crippen molar-refractivity contribution in [3.05, 3.63) is 66.0 Å². The van der Waals surface area contributed by atoms with E-state index in [0.29, 0.717) is 0 Å². The number of Topliss-reactive ketones (excluding diaryl/α,β-unsaturated/α-hetero) is 1. The van der Waals surface area contributed by atoms with Gasteiger partial charge in [0.15, 0.2) is 5.78 Å². The number of ketones is 1. The molecular formula is C17H14F3N3O3. The molecule has 1 aliphatic heterocycles. The molecule has 1 aliphatic rings. The van der Waals surface area contributed by atoms with Gasteiger partial charge in [0.2, 0.25) is 5.72 Å². The van der Waals surface area contributed by atoms with Gasteiger partial charge in [-0.3, -0.25) is 9.78 Å². The van der Waals surface area contributed by atoms with Crippen LogP contribution < -0.4 is 10.6 Å². The molecule has 9 heteroatoms. The molecule has 1 aromatic carbocycles. The van der Waals surface area contributed by atoms with Gasteiger partial charge in [-0.2, -0.15) is 13.2 Å². The second-order valence-electron chi connectivity index (χ2n) is 5.83. The number of pyridine rings is 1. The molecule has 2 aromatic rings.